The SMILES string of the molecule is CCOc1ccc(OCC)c(NC(=O)CSc2nnc(C)n2-c2ccccc2C)c1. The van der Waals surface area contributed by atoms with E-state index in [9.17, 15) is 4.79 Å². The second kappa shape index (κ2) is 10.2. The molecule has 0 bridgehead atoms. The first kappa shape index (κ1) is 21.7. The molecule has 8 heteroatoms. The van der Waals surface area contributed by atoms with Crippen LogP contribution in [0.3, 0.4) is 0 Å². The molecule has 0 unspecified atom stereocenters. The molecule has 0 atom stereocenters. The summed E-state index contributed by atoms with van der Waals surface area (Å²) in [6.45, 7) is 8.81. The monoisotopic (exact) mass is 426 g/mol. The summed E-state index contributed by atoms with van der Waals surface area (Å²) in [6, 6.07) is 13.4. The summed E-state index contributed by atoms with van der Waals surface area (Å²) < 4.78 is 13.1. The lowest BCUT2D eigenvalue weighted by molar-refractivity contribution is -0.113. The van der Waals surface area contributed by atoms with Crippen molar-refractivity contribution < 1.29 is 14.3 Å². The van der Waals surface area contributed by atoms with Crippen LogP contribution in [0.1, 0.15) is 25.2 Å². The maximum atomic E-state index is 12.6. The Morgan fingerprint density at radius 3 is 2.57 bits per heavy atom. The quantitative estimate of drug-likeness (QED) is 0.511. The molecule has 0 saturated carbocycles. The first-order valence-corrected chi connectivity index (χ1v) is 10.8. The molecule has 1 N–H and O–H groups in total. The highest BCUT2D eigenvalue weighted by atomic mass is 32.2. The zero-order valence-corrected chi connectivity index (χ0v) is 18.5. The van der Waals surface area contributed by atoms with E-state index in [2.05, 4.69) is 15.5 Å². The van der Waals surface area contributed by atoms with E-state index in [0.29, 0.717) is 35.6 Å². The van der Waals surface area contributed by atoms with E-state index >= 15 is 0 Å². The number of aryl methyl sites for hydroxylation is 2. The van der Waals surface area contributed by atoms with Gasteiger partial charge < -0.3 is 14.8 Å². The fourth-order valence-electron chi connectivity index (χ4n) is 2.99. The molecule has 0 fully saturated rings. The predicted octanol–water partition coefficient (Wildman–Crippen LogP) is 4.41. The molecule has 3 rings (SSSR count). The van der Waals surface area contributed by atoms with Crippen molar-refractivity contribution in [1.82, 2.24) is 14.8 Å². The Morgan fingerprint density at radius 2 is 1.83 bits per heavy atom. The van der Waals surface area contributed by atoms with Gasteiger partial charge in [-0.05, 0) is 51.5 Å². The third kappa shape index (κ3) is 5.13. The first-order valence-electron chi connectivity index (χ1n) is 9.83. The first-order chi connectivity index (χ1) is 14.5. The molecule has 1 amide bonds. The number of amides is 1. The number of nitrogens with one attached hydrogen (secondary N) is 1. The molecular weight excluding hydrogens is 400 g/mol. The Balaban J connectivity index is 1.73. The Kier molecular flexibility index (Phi) is 7.35. The van der Waals surface area contributed by atoms with E-state index in [0.717, 1.165) is 17.1 Å². The van der Waals surface area contributed by atoms with Gasteiger partial charge in [-0.25, -0.2) is 0 Å². The number of thioether (sulfide) groups is 1. The van der Waals surface area contributed by atoms with Gasteiger partial charge in [0.25, 0.3) is 0 Å². The minimum Gasteiger partial charge on any atom is -0.494 e. The van der Waals surface area contributed by atoms with Crippen LogP contribution in [-0.4, -0.2) is 39.6 Å². The standard InChI is InChI=1S/C22H26N4O3S/c1-5-28-17-11-12-20(29-6-2)18(13-17)23-21(27)14-30-22-25-24-16(4)26(22)19-10-8-7-9-15(19)3/h7-13H,5-6,14H2,1-4H3,(H,23,27). The van der Waals surface area contributed by atoms with Crippen LogP contribution in [0.5, 0.6) is 11.5 Å². The number of anilines is 1. The Morgan fingerprint density at radius 1 is 1.07 bits per heavy atom. The van der Waals surface area contributed by atoms with Gasteiger partial charge in [-0.2, -0.15) is 0 Å². The summed E-state index contributed by atoms with van der Waals surface area (Å²) in [5.41, 5.74) is 2.71. The van der Waals surface area contributed by atoms with Gasteiger partial charge in [-0.1, -0.05) is 30.0 Å². The molecule has 0 saturated heterocycles. The number of carbonyl (C=O) groups is 1. The van der Waals surface area contributed by atoms with Crippen molar-refractivity contribution in [2.75, 3.05) is 24.3 Å². The number of benzene rings is 2. The summed E-state index contributed by atoms with van der Waals surface area (Å²) in [6.07, 6.45) is 0. The topological polar surface area (TPSA) is 78.3 Å². The second-order valence-corrected chi connectivity index (χ2v) is 7.46. The van der Waals surface area contributed by atoms with Crippen LogP contribution < -0.4 is 14.8 Å². The van der Waals surface area contributed by atoms with Crippen LogP contribution in [0, 0.1) is 13.8 Å². The van der Waals surface area contributed by atoms with Crippen LogP contribution in [0.2, 0.25) is 0 Å². The number of aromatic nitrogens is 3. The van der Waals surface area contributed by atoms with E-state index in [-0.39, 0.29) is 11.7 Å². The Bertz CT molecular complexity index is 1020. The average Bonchev–Trinajstić information content (AvgIpc) is 3.09. The molecule has 7 nitrogen and oxygen atoms in total. The summed E-state index contributed by atoms with van der Waals surface area (Å²) >= 11 is 1.34. The van der Waals surface area contributed by atoms with E-state index in [1.165, 1.54) is 11.8 Å². The highest BCUT2D eigenvalue weighted by Crippen LogP contribution is 2.30. The molecular formula is C22H26N4O3S. The van der Waals surface area contributed by atoms with Crippen molar-refractivity contribution in [3.05, 3.63) is 53.9 Å². The lowest BCUT2D eigenvalue weighted by Gasteiger charge is -2.14. The van der Waals surface area contributed by atoms with Crippen LogP contribution in [0.25, 0.3) is 5.69 Å². The van der Waals surface area contributed by atoms with Crippen LogP contribution in [0.15, 0.2) is 47.6 Å². The second-order valence-electron chi connectivity index (χ2n) is 6.51. The Hall–Kier alpha value is -3.00. The molecule has 0 aliphatic heterocycles. The van der Waals surface area contributed by atoms with Gasteiger partial charge in [0.05, 0.1) is 30.3 Å². The molecule has 2 aromatic carbocycles. The van der Waals surface area contributed by atoms with Crippen LogP contribution in [0.4, 0.5) is 5.69 Å². The molecule has 1 heterocycles. The molecule has 0 aliphatic rings. The van der Waals surface area contributed by atoms with Crippen molar-refractivity contribution in [3.8, 4) is 17.2 Å². The maximum Gasteiger partial charge on any atom is 0.234 e. The number of carbonyl (C=O) groups excluding carboxylic acids is 1. The minimum absolute atomic E-state index is 0.161. The lowest BCUT2D eigenvalue weighted by atomic mass is 10.2. The summed E-state index contributed by atoms with van der Waals surface area (Å²) in [5.74, 6) is 2.09. The van der Waals surface area contributed by atoms with Gasteiger partial charge in [-0.15, -0.1) is 10.2 Å². The number of hydrogen-bond acceptors (Lipinski definition) is 6. The largest absolute Gasteiger partial charge is 0.494 e. The summed E-state index contributed by atoms with van der Waals surface area (Å²) in [4.78, 5) is 12.6. The van der Waals surface area contributed by atoms with Crippen molar-refractivity contribution in [1.29, 1.82) is 0 Å². The highest BCUT2D eigenvalue weighted by molar-refractivity contribution is 7.99. The van der Waals surface area contributed by atoms with Crippen molar-refractivity contribution in [2.45, 2.75) is 32.9 Å². The summed E-state index contributed by atoms with van der Waals surface area (Å²) in [5, 5.41) is 12.0. The van der Waals surface area contributed by atoms with Gasteiger partial charge in [0.15, 0.2) is 5.16 Å². The molecule has 0 spiro atoms. The van der Waals surface area contributed by atoms with Crippen molar-refractivity contribution in [3.63, 3.8) is 0 Å². The zero-order chi connectivity index (χ0) is 21.5. The normalized spacial score (nSPS) is 10.7. The molecule has 1 aromatic heterocycles. The van der Waals surface area contributed by atoms with Crippen molar-refractivity contribution >= 4 is 23.4 Å². The predicted molar refractivity (Wildman–Crippen MR) is 119 cm³/mol. The number of rotatable bonds is 9. The van der Waals surface area contributed by atoms with E-state index in [4.69, 9.17) is 9.47 Å². The van der Waals surface area contributed by atoms with Crippen LogP contribution in [-0.2, 0) is 4.79 Å². The van der Waals surface area contributed by atoms with Crippen molar-refractivity contribution in [2.24, 2.45) is 0 Å². The summed E-state index contributed by atoms with van der Waals surface area (Å²) in [7, 11) is 0. The van der Waals surface area contributed by atoms with E-state index in [1.54, 1.807) is 12.1 Å². The zero-order valence-electron chi connectivity index (χ0n) is 17.6. The van der Waals surface area contributed by atoms with E-state index < -0.39 is 0 Å². The van der Waals surface area contributed by atoms with E-state index in [1.807, 2.05) is 62.6 Å². The highest BCUT2D eigenvalue weighted by Gasteiger charge is 2.16. The molecule has 0 aliphatic carbocycles. The minimum atomic E-state index is -0.161. The fraction of sp³-hybridized carbons (Fsp3) is 0.318. The third-order valence-corrected chi connectivity index (χ3v) is 5.25. The van der Waals surface area contributed by atoms with Gasteiger partial charge in [0.1, 0.15) is 17.3 Å². The number of hydrogen-bond donors (Lipinski definition) is 1. The van der Waals surface area contributed by atoms with Gasteiger partial charge in [-0.3, -0.25) is 9.36 Å². The molecule has 0 radical (unpaired) electrons. The average molecular weight is 427 g/mol. The number of ether oxygens (including phenoxy) is 2. The van der Waals surface area contributed by atoms with Gasteiger partial charge in [0, 0.05) is 6.07 Å². The lowest BCUT2D eigenvalue weighted by Crippen LogP contribution is -2.15. The smallest absolute Gasteiger partial charge is 0.234 e. The molecule has 158 valence electrons. The fourth-order valence-corrected chi connectivity index (χ4v) is 3.78. The Labute approximate surface area is 180 Å². The van der Waals surface area contributed by atoms with Crippen LogP contribution >= 0.6 is 11.8 Å². The molecule has 30 heavy (non-hydrogen) atoms. The van der Waals surface area contributed by atoms with Gasteiger partial charge >= 0.3 is 0 Å². The maximum absolute atomic E-state index is 12.6. The third-order valence-electron chi connectivity index (χ3n) is 4.32. The van der Waals surface area contributed by atoms with Gasteiger partial charge in [0.2, 0.25) is 5.91 Å². The number of para-hydroxylation sites is 1. The molecule has 3 aromatic rings. The number of nitrogens with zero attached hydrogens (tertiary/aromatic N) is 3.